The Hall–Kier alpha value is -1.22. The van der Waals surface area contributed by atoms with E-state index in [2.05, 4.69) is 40.0 Å². The third-order valence-electron chi connectivity index (χ3n) is 2.74. The van der Waals surface area contributed by atoms with Crippen molar-refractivity contribution in [3.63, 3.8) is 0 Å². The number of imidazole rings is 1. The van der Waals surface area contributed by atoms with E-state index in [0.29, 0.717) is 0 Å². The van der Waals surface area contributed by atoms with Crippen molar-refractivity contribution in [1.82, 2.24) is 9.55 Å². The maximum atomic E-state index is 4.38. The van der Waals surface area contributed by atoms with Gasteiger partial charge >= 0.3 is 0 Å². The van der Waals surface area contributed by atoms with E-state index in [1.54, 1.807) is 11.3 Å². The molecule has 0 fully saturated rings. The number of hydrogen-bond donors (Lipinski definition) is 0. The molecular weight excluding hydrogens is 420 g/mol. The van der Waals surface area contributed by atoms with Crippen LogP contribution in [0.15, 0.2) is 48.1 Å². The summed E-state index contributed by atoms with van der Waals surface area (Å²) in [5, 5.41) is 5.43. The number of aryl methyl sites for hydroxylation is 1. The third-order valence-corrected chi connectivity index (χ3v) is 3.41. The van der Waals surface area contributed by atoms with E-state index >= 15 is 0 Å². The van der Waals surface area contributed by atoms with Crippen LogP contribution in [0.4, 0.5) is 0 Å². The molecule has 0 atom stereocenters. The van der Waals surface area contributed by atoms with Crippen LogP contribution in [0.25, 0.3) is 22.5 Å². The van der Waals surface area contributed by atoms with E-state index < -0.39 is 0 Å². The molecule has 2 nitrogen and oxygen atoms in total. The molecule has 4 heteroatoms. The molecule has 1 radical (unpaired) electrons. The molecule has 0 spiro atoms. The van der Waals surface area contributed by atoms with Gasteiger partial charge in [-0.2, -0.15) is 0 Å². The zero-order valence-electron chi connectivity index (χ0n) is 9.75. The minimum Gasteiger partial charge on any atom is -0.373 e. The van der Waals surface area contributed by atoms with Crippen molar-refractivity contribution in [2.75, 3.05) is 0 Å². The van der Waals surface area contributed by atoms with Gasteiger partial charge in [-0.25, -0.2) is 0 Å². The minimum atomic E-state index is 0. The van der Waals surface area contributed by atoms with E-state index in [9.17, 15) is 0 Å². The van der Waals surface area contributed by atoms with Crippen molar-refractivity contribution in [3.8, 4) is 22.5 Å². The van der Waals surface area contributed by atoms with E-state index in [-0.39, 0.29) is 20.1 Å². The number of benzene rings is 1. The van der Waals surface area contributed by atoms with Gasteiger partial charge in [0.25, 0.3) is 0 Å². The average Bonchev–Trinajstić information content (AvgIpc) is 2.98. The van der Waals surface area contributed by atoms with Crippen molar-refractivity contribution in [1.29, 1.82) is 0 Å². The first-order valence-corrected chi connectivity index (χ1v) is 6.26. The van der Waals surface area contributed by atoms with Crippen LogP contribution >= 0.6 is 11.3 Å². The van der Waals surface area contributed by atoms with Gasteiger partial charge in [0.2, 0.25) is 0 Å². The van der Waals surface area contributed by atoms with Gasteiger partial charge in [-0.3, -0.25) is 16.3 Å². The summed E-state index contributed by atoms with van der Waals surface area (Å²) in [6.07, 6.45) is 3.77. The van der Waals surface area contributed by atoms with Gasteiger partial charge in [-0.1, -0.05) is 46.8 Å². The van der Waals surface area contributed by atoms with E-state index in [1.807, 2.05) is 30.1 Å². The van der Waals surface area contributed by atoms with Crippen LogP contribution in [0.1, 0.15) is 0 Å². The summed E-state index contributed by atoms with van der Waals surface area (Å²) >= 11 is 1.59. The Labute approximate surface area is 124 Å². The van der Waals surface area contributed by atoms with Gasteiger partial charge < -0.3 is 4.57 Å². The molecule has 93 valence electrons. The first-order chi connectivity index (χ1) is 8.36. The molecule has 0 aliphatic heterocycles. The SMILES string of the molecule is Cn1ccnc1-c1[c-]scc1-c1ccccc1.[Ir]. The summed E-state index contributed by atoms with van der Waals surface area (Å²) in [7, 11) is 2.00. The Morgan fingerprint density at radius 3 is 2.67 bits per heavy atom. The zero-order valence-corrected chi connectivity index (χ0v) is 13.0. The van der Waals surface area contributed by atoms with Crippen molar-refractivity contribution in [2.24, 2.45) is 7.05 Å². The average molecular weight is 432 g/mol. The molecule has 2 heterocycles. The summed E-state index contributed by atoms with van der Waals surface area (Å²) in [6, 6.07) is 10.4. The van der Waals surface area contributed by atoms with Crippen LogP contribution in [0.3, 0.4) is 0 Å². The van der Waals surface area contributed by atoms with Crippen LogP contribution in [-0.4, -0.2) is 9.55 Å². The predicted octanol–water partition coefficient (Wildman–Crippen LogP) is 3.61. The maximum Gasteiger partial charge on any atom is 0.0562 e. The van der Waals surface area contributed by atoms with Gasteiger partial charge in [-0.05, 0) is 0 Å². The Balaban J connectivity index is 0.00000120. The van der Waals surface area contributed by atoms with Crippen LogP contribution in [-0.2, 0) is 27.2 Å². The normalized spacial score (nSPS) is 10.1. The molecule has 0 N–H and O–H groups in total. The van der Waals surface area contributed by atoms with Crippen LogP contribution < -0.4 is 0 Å². The largest absolute Gasteiger partial charge is 0.373 e. The van der Waals surface area contributed by atoms with E-state index in [1.165, 1.54) is 11.1 Å². The molecular formula is C14H11IrN2S-. The first kappa shape index (κ1) is 13.2. The molecule has 18 heavy (non-hydrogen) atoms. The quantitative estimate of drug-likeness (QED) is 0.567. The van der Waals surface area contributed by atoms with Gasteiger partial charge in [0.1, 0.15) is 0 Å². The van der Waals surface area contributed by atoms with Gasteiger partial charge in [0.05, 0.1) is 5.82 Å². The molecule has 0 saturated carbocycles. The second-order valence-electron chi connectivity index (χ2n) is 3.85. The topological polar surface area (TPSA) is 17.8 Å². The van der Waals surface area contributed by atoms with Gasteiger partial charge in [0, 0.05) is 39.5 Å². The van der Waals surface area contributed by atoms with Gasteiger partial charge in [-0.15, -0.1) is 10.9 Å². The van der Waals surface area contributed by atoms with Crippen molar-refractivity contribution < 1.29 is 20.1 Å². The fraction of sp³-hybridized carbons (Fsp3) is 0.0714. The predicted molar refractivity (Wildman–Crippen MR) is 70.8 cm³/mol. The summed E-state index contributed by atoms with van der Waals surface area (Å²) in [4.78, 5) is 4.38. The van der Waals surface area contributed by atoms with Crippen LogP contribution in [0.2, 0.25) is 0 Å². The fourth-order valence-electron chi connectivity index (χ4n) is 1.86. The number of nitrogens with zero attached hydrogens (tertiary/aromatic N) is 2. The molecule has 0 amide bonds. The summed E-state index contributed by atoms with van der Waals surface area (Å²) < 4.78 is 2.02. The molecule has 3 aromatic rings. The van der Waals surface area contributed by atoms with E-state index in [0.717, 1.165) is 11.4 Å². The van der Waals surface area contributed by atoms with Crippen molar-refractivity contribution >= 4 is 11.3 Å². The number of aromatic nitrogens is 2. The van der Waals surface area contributed by atoms with E-state index in [4.69, 9.17) is 0 Å². The zero-order chi connectivity index (χ0) is 11.7. The Kier molecular flexibility index (Phi) is 4.12. The maximum absolute atomic E-state index is 4.38. The van der Waals surface area contributed by atoms with Crippen molar-refractivity contribution in [3.05, 3.63) is 53.5 Å². The van der Waals surface area contributed by atoms with Gasteiger partial charge in [0.15, 0.2) is 0 Å². The number of rotatable bonds is 2. The molecule has 0 aliphatic carbocycles. The molecule has 3 rings (SSSR count). The van der Waals surface area contributed by atoms with Crippen LogP contribution in [0.5, 0.6) is 0 Å². The number of hydrogen-bond acceptors (Lipinski definition) is 2. The molecule has 0 aliphatic rings. The standard InChI is InChI=1S/C14H11N2S.Ir/c1-16-8-7-15-14(16)13-10-17-9-12(13)11-5-3-2-4-6-11;/h2-9H,1H3;/q-1;. The second-order valence-corrected chi connectivity index (χ2v) is 4.53. The summed E-state index contributed by atoms with van der Waals surface area (Å²) in [5.74, 6) is 0.963. The fourth-order valence-corrected chi connectivity index (χ4v) is 2.61. The minimum absolute atomic E-state index is 0. The smallest absolute Gasteiger partial charge is 0.0562 e. The molecule has 0 unspecified atom stereocenters. The monoisotopic (exact) mass is 432 g/mol. The Morgan fingerprint density at radius 2 is 2.00 bits per heavy atom. The Morgan fingerprint density at radius 1 is 1.22 bits per heavy atom. The molecule has 1 aromatic carbocycles. The molecule has 2 aromatic heterocycles. The molecule has 0 saturated heterocycles. The third kappa shape index (κ3) is 2.32. The summed E-state index contributed by atoms with van der Waals surface area (Å²) in [6.45, 7) is 0. The number of thiophene rings is 1. The summed E-state index contributed by atoms with van der Waals surface area (Å²) in [5.41, 5.74) is 3.49. The van der Waals surface area contributed by atoms with Crippen LogP contribution in [0, 0.1) is 5.38 Å². The Bertz CT molecular complexity index is 628. The van der Waals surface area contributed by atoms with Crippen molar-refractivity contribution in [2.45, 2.75) is 0 Å². The second kappa shape index (κ2) is 5.61. The molecule has 0 bridgehead atoms. The first-order valence-electron chi connectivity index (χ1n) is 5.38.